The fraction of sp³-hybridized carbons (Fsp3) is 0.615. The average Bonchev–Trinajstić information content (AvgIpc) is 2.47. The molecule has 1 atom stereocenters. The third-order valence-electron chi connectivity index (χ3n) is 3.72. The number of nitrogens with one attached hydrogen (secondary N) is 1. The highest BCUT2D eigenvalue weighted by atomic mass is 35.5. The summed E-state index contributed by atoms with van der Waals surface area (Å²) in [7, 11) is -3.51. The zero-order valence-electron chi connectivity index (χ0n) is 11.4. The van der Waals surface area contributed by atoms with Crippen LogP contribution in [-0.4, -0.2) is 26.0 Å². The van der Waals surface area contributed by atoms with E-state index in [1.165, 1.54) is 12.6 Å². The molecule has 5 nitrogen and oxygen atoms in total. The van der Waals surface area contributed by atoms with Crippen molar-refractivity contribution in [2.24, 2.45) is 11.7 Å². The second-order valence-electron chi connectivity index (χ2n) is 5.05. The van der Waals surface area contributed by atoms with Crippen LogP contribution in [-0.2, 0) is 10.0 Å². The molecule has 1 aromatic heterocycles. The lowest BCUT2D eigenvalue weighted by molar-refractivity contribution is 0.294. The van der Waals surface area contributed by atoms with Gasteiger partial charge in [0.25, 0.3) is 0 Å². The van der Waals surface area contributed by atoms with Gasteiger partial charge >= 0.3 is 0 Å². The van der Waals surface area contributed by atoms with Crippen LogP contribution in [0.2, 0.25) is 0 Å². The minimum absolute atomic E-state index is 0. The molecule has 1 aromatic rings. The van der Waals surface area contributed by atoms with Gasteiger partial charge in [-0.1, -0.05) is 19.3 Å². The Morgan fingerprint density at radius 3 is 2.60 bits per heavy atom. The van der Waals surface area contributed by atoms with Crippen LogP contribution in [0.5, 0.6) is 0 Å². The summed E-state index contributed by atoms with van der Waals surface area (Å²) in [6.07, 6.45) is 8.58. The van der Waals surface area contributed by atoms with E-state index in [-0.39, 0.29) is 23.3 Å². The second-order valence-corrected chi connectivity index (χ2v) is 6.76. The van der Waals surface area contributed by atoms with E-state index in [2.05, 4.69) is 9.71 Å². The fourth-order valence-electron chi connectivity index (χ4n) is 2.65. The number of halogens is 1. The summed E-state index contributed by atoms with van der Waals surface area (Å²) in [4.78, 5) is 4.04. The van der Waals surface area contributed by atoms with E-state index in [0.29, 0.717) is 12.5 Å². The molecule has 2 rings (SSSR count). The number of nitrogens with two attached hydrogens (primary N) is 1. The van der Waals surface area contributed by atoms with Crippen LogP contribution in [0.15, 0.2) is 29.4 Å². The Balaban J connectivity index is 0.00000200. The summed E-state index contributed by atoms with van der Waals surface area (Å²) in [5.41, 5.74) is 5.75. The van der Waals surface area contributed by atoms with Crippen molar-refractivity contribution in [1.29, 1.82) is 0 Å². The Kier molecular flexibility index (Phi) is 6.88. The van der Waals surface area contributed by atoms with Crippen molar-refractivity contribution in [3.8, 4) is 0 Å². The molecule has 1 heterocycles. The largest absolute Gasteiger partial charge is 0.329 e. The molecule has 1 saturated carbocycles. The van der Waals surface area contributed by atoms with Crippen molar-refractivity contribution in [2.45, 2.75) is 43.0 Å². The third-order valence-corrected chi connectivity index (χ3v) is 5.20. The van der Waals surface area contributed by atoms with E-state index in [9.17, 15) is 8.42 Å². The fourth-order valence-corrected chi connectivity index (χ4v) is 3.93. The monoisotopic (exact) mass is 319 g/mol. The van der Waals surface area contributed by atoms with Crippen molar-refractivity contribution in [1.82, 2.24) is 9.71 Å². The van der Waals surface area contributed by atoms with E-state index in [4.69, 9.17) is 5.73 Å². The number of sulfonamides is 1. The molecule has 1 unspecified atom stereocenters. The van der Waals surface area contributed by atoms with Crippen molar-refractivity contribution < 1.29 is 8.42 Å². The summed E-state index contributed by atoms with van der Waals surface area (Å²) >= 11 is 0. The van der Waals surface area contributed by atoms with Gasteiger partial charge in [0.2, 0.25) is 10.0 Å². The van der Waals surface area contributed by atoms with E-state index in [1.54, 1.807) is 18.3 Å². The van der Waals surface area contributed by atoms with Crippen molar-refractivity contribution >= 4 is 22.4 Å². The average molecular weight is 320 g/mol. The zero-order chi connectivity index (χ0) is 13.7. The van der Waals surface area contributed by atoms with Crippen LogP contribution >= 0.6 is 12.4 Å². The predicted molar refractivity (Wildman–Crippen MR) is 81.2 cm³/mol. The molecular weight excluding hydrogens is 298 g/mol. The Morgan fingerprint density at radius 2 is 2.05 bits per heavy atom. The Labute approximate surface area is 126 Å². The van der Waals surface area contributed by atoms with Crippen LogP contribution in [0.3, 0.4) is 0 Å². The lowest BCUT2D eigenvalue weighted by Gasteiger charge is -2.29. The summed E-state index contributed by atoms with van der Waals surface area (Å²) in [6, 6.07) is 2.99. The Morgan fingerprint density at radius 1 is 1.35 bits per heavy atom. The molecule has 114 valence electrons. The van der Waals surface area contributed by atoms with Crippen molar-refractivity contribution in [3.05, 3.63) is 24.5 Å². The highest BCUT2D eigenvalue weighted by Gasteiger charge is 2.27. The van der Waals surface area contributed by atoms with Gasteiger partial charge in [0.1, 0.15) is 4.90 Å². The van der Waals surface area contributed by atoms with Crippen LogP contribution in [0.25, 0.3) is 0 Å². The number of aromatic nitrogens is 1. The lowest BCUT2D eigenvalue weighted by atomic mass is 9.84. The number of hydrogen-bond donors (Lipinski definition) is 2. The molecule has 3 N–H and O–H groups in total. The summed E-state index contributed by atoms with van der Waals surface area (Å²) < 4.78 is 27.2. The van der Waals surface area contributed by atoms with Crippen LogP contribution in [0.4, 0.5) is 0 Å². The van der Waals surface area contributed by atoms with Gasteiger partial charge in [0, 0.05) is 25.0 Å². The minimum Gasteiger partial charge on any atom is -0.329 e. The van der Waals surface area contributed by atoms with E-state index < -0.39 is 10.0 Å². The number of nitrogens with zero attached hydrogens (tertiary/aromatic N) is 1. The van der Waals surface area contributed by atoms with Crippen LogP contribution in [0.1, 0.15) is 32.1 Å². The molecule has 0 spiro atoms. The molecular formula is C13H22ClN3O2S. The molecule has 20 heavy (non-hydrogen) atoms. The topological polar surface area (TPSA) is 85.1 Å². The molecule has 0 amide bonds. The Bertz CT molecular complexity index is 490. The predicted octanol–water partition coefficient (Wildman–Crippen LogP) is 1.69. The normalized spacial score (nSPS) is 18.2. The molecule has 1 fully saturated rings. The molecule has 0 radical (unpaired) electrons. The first-order chi connectivity index (χ1) is 9.13. The van der Waals surface area contributed by atoms with Gasteiger partial charge in [0.15, 0.2) is 0 Å². The summed E-state index contributed by atoms with van der Waals surface area (Å²) in [6.45, 7) is 0.337. The molecule has 0 aromatic carbocycles. The molecule has 0 aliphatic heterocycles. The smallest absolute Gasteiger partial charge is 0.242 e. The first-order valence-electron chi connectivity index (χ1n) is 6.76. The standard InChI is InChI=1S/C13H21N3O2S.ClH/c14-9-13(11-5-2-1-3-6-11)16-19(17,18)12-7-4-8-15-10-12;/h4,7-8,10-11,13,16H,1-3,5-6,9,14H2;1H. The minimum atomic E-state index is -3.51. The van der Waals surface area contributed by atoms with Gasteiger partial charge < -0.3 is 5.73 Å². The third kappa shape index (κ3) is 4.41. The van der Waals surface area contributed by atoms with E-state index in [1.807, 2.05) is 0 Å². The maximum absolute atomic E-state index is 12.2. The maximum atomic E-state index is 12.2. The van der Waals surface area contributed by atoms with E-state index >= 15 is 0 Å². The molecule has 7 heteroatoms. The first kappa shape index (κ1) is 17.4. The second kappa shape index (κ2) is 7.93. The number of pyridine rings is 1. The quantitative estimate of drug-likeness (QED) is 0.865. The van der Waals surface area contributed by atoms with Gasteiger partial charge in [-0.05, 0) is 30.9 Å². The van der Waals surface area contributed by atoms with Crippen molar-refractivity contribution in [3.63, 3.8) is 0 Å². The van der Waals surface area contributed by atoms with Crippen molar-refractivity contribution in [2.75, 3.05) is 6.54 Å². The molecule has 1 aliphatic rings. The Hall–Kier alpha value is -0.690. The highest BCUT2D eigenvalue weighted by Crippen LogP contribution is 2.26. The van der Waals surface area contributed by atoms with Crippen LogP contribution < -0.4 is 10.5 Å². The molecule has 1 aliphatic carbocycles. The highest BCUT2D eigenvalue weighted by molar-refractivity contribution is 7.89. The zero-order valence-corrected chi connectivity index (χ0v) is 13.0. The summed E-state index contributed by atoms with van der Waals surface area (Å²) in [5, 5.41) is 0. The molecule has 0 bridgehead atoms. The molecule has 0 saturated heterocycles. The summed E-state index contributed by atoms with van der Waals surface area (Å²) in [5.74, 6) is 0.352. The lowest BCUT2D eigenvalue weighted by Crippen LogP contribution is -2.45. The maximum Gasteiger partial charge on any atom is 0.242 e. The first-order valence-corrected chi connectivity index (χ1v) is 8.24. The number of rotatable bonds is 5. The van der Waals surface area contributed by atoms with Gasteiger partial charge in [0.05, 0.1) is 0 Å². The van der Waals surface area contributed by atoms with E-state index in [0.717, 1.165) is 25.7 Å². The SMILES string of the molecule is Cl.NCC(NS(=O)(=O)c1cccnc1)C1CCCCC1. The van der Waals surface area contributed by atoms with Gasteiger partial charge in [-0.15, -0.1) is 12.4 Å². The number of hydrogen-bond acceptors (Lipinski definition) is 4. The van der Waals surface area contributed by atoms with Gasteiger partial charge in [-0.25, -0.2) is 13.1 Å². The van der Waals surface area contributed by atoms with Crippen LogP contribution in [0, 0.1) is 5.92 Å². The van der Waals surface area contributed by atoms with Gasteiger partial charge in [-0.3, -0.25) is 4.98 Å². The van der Waals surface area contributed by atoms with Gasteiger partial charge in [-0.2, -0.15) is 0 Å².